The quantitative estimate of drug-likeness (QED) is 0.882. The molecule has 0 atom stereocenters. The molecule has 1 N–H and O–H groups in total. The fourth-order valence-corrected chi connectivity index (χ4v) is 2.72. The Morgan fingerprint density at radius 2 is 2.16 bits per heavy atom. The maximum Gasteiger partial charge on any atom is 0.257 e. The minimum atomic E-state index is -3.13. The van der Waals surface area contributed by atoms with Crippen molar-refractivity contribution in [2.75, 3.05) is 25.9 Å². The standard InChI is InChI=1S/C12H18N2O4S/c1-19(16,17)13-8-10-2-5-14(6-3-10)12(15)11-4-7-18-9-11/h4,7,9-10,13H,2-3,5-6,8H2,1H3. The molecule has 0 aliphatic carbocycles. The molecule has 0 aromatic carbocycles. The van der Waals surface area contributed by atoms with Crippen LogP contribution in [0.5, 0.6) is 0 Å². The van der Waals surface area contributed by atoms with Crippen molar-refractivity contribution >= 4 is 15.9 Å². The third-order valence-corrected chi connectivity index (χ3v) is 4.00. The van der Waals surface area contributed by atoms with Gasteiger partial charge < -0.3 is 9.32 Å². The van der Waals surface area contributed by atoms with Crippen LogP contribution in [0.1, 0.15) is 23.2 Å². The first-order valence-electron chi connectivity index (χ1n) is 6.22. The summed E-state index contributed by atoms with van der Waals surface area (Å²) in [6.07, 6.45) is 5.71. The Balaban J connectivity index is 1.81. The zero-order valence-electron chi connectivity index (χ0n) is 10.8. The summed E-state index contributed by atoms with van der Waals surface area (Å²) in [6.45, 7) is 1.76. The maximum absolute atomic E-state index is 12.0. The van der Waals surface area contributed by atoms with Crippen LogP contribution in [-0.2, 0) is 10.0 Å². The van der Waals surface area contributed by atoms with Crippen molar-refractivity contribution < 1.29 is 17.6 Å². The number of carbonyl (C=O) groups is 1. The monoisotopic (exact) mass is 286 g/mol. The molecule has 0 unspecified atom stereocenters. The molecular formula is C12H18N2O4S. The summed E-state index contributed by atoms with van der Waals surface area (Å²) in [5.41, 5.74) is 0.563. The van der Waals surface area contributed by atoms with E-state index in [-0.39, 0.29) is 5.91 Å². The summed E-state index contributed by atoms with van der Waals surface area (Å²) in [7, 11) is -3.13. The van der Waals surface area contributed by atoms with Crippen molar-refractivity contribution in [3.05, 3.63) is 24.2 Å². The number of likely N-dealkylation sites (tertiary alicyclic amines) is 1. The number of furan rings is 1. The Morgan fingerprint density at radius 3 is 2.68 bits per heavy atom. The fourth-order valence-electron chi connectivity index (χ4n) is 2.18. The summed E-state index contributed by atoms with van der Waals surface area (Å²) in [6, 6.07) is 1.65. The molecular weight excluding hydrogens is 268 g/mol. The van der Waals surface area contributed by atoms with E-state index in [9.17, 15) is 13.2 Å². The van der Waals surface area contributed by atoms with Crippen LogP contribution in [0, 0.1) is 5.92 Å². The molecule has 1 fully saturated rings. The van der Waals surface area contributed by atoms with Gasteiger partial charge in [0.2, 0.25) is 10.0 Å². The lowest BCUT2D eigenvalue weighted by atomic mass is 9.97. The van der Waals surface area contributed by atoms with E-state index in [1.54, 1.807) is 11.0 Å². The van der Waals surface area contributed by atoms with E-state index in [1.165, 1.54) is 12.5 Å². The minimum absolute atomic E-state index is 0.0247. The number of rotatable bonds is 4. The average Bonchev–Trinajstić information content (AvgIpc) is 2.89. The van der Waals surface area contributed by atoms with Gasteiger partial charge in [0.1, 0.15) is 6.26 Å². The van der Waals surface area contributed by atoms with Crippen molar-refractivity contribution in [3.8, 4) is 0 Å². The highest BCUT2D eigenvalue weighted by Crippen LogP contribution is 2.18. The zero-order chi connectivity index (χ0) is 13.9. The number of nitrogens with one attached hydrogen (secondary N) is 1. The highest BCUT2D eigenvalue weighted by Gasteiger charge is 2.24. The molecule has 1 aliphatic rings. The van der Waals surface area contributed by atoms with E-state index in [0.717, 1.165) is 19.1 Å². The van der Waals surface area contributed by atoms with Crippen LogP contribution >= 0.6 is 0 Å². The first-order chi connectivity index (χ1) is 8.96. The minimum Gasteiger partial charge on any atom is -0.472 e. The number of nitrogens with zero attached hydrogens (tertiary/aromatic N) is 1. The van der Waals surface area contributed by atoms with Crippen LogP contribution in [0.3, 0.4) is 0 Å². The summed E-state index contributed by atoms with van der Waals surface area (Å²) < 4.78 is 29.4. The fraction of sp³-hybridized carbons (Fsp3) is 0.583. The first-order valence-corrected chi connectivity index (χ1v) is 8.11. The number of sulfonamides is 1. The first kappa shape index (κ1) is 14.1. The van der Waals surface area contributed by atoms with Crippen LogP contribution in [-0.4, -0.2) is 45.1 Å². The molecule has 0 bridgehead atoms. The molecule has 2 heterocycles. The second-order valence-electron chi connectivity index (χ2n) is 4.87. The van der Waals surface area contributed by atoms with Crippen molar-refractivity contribution in [2.24, 2.45) is 5.92 Å². The molecule has 6 nitrogen and oxygen atoms in total. The van der Waals surface area contributed by atoms with Crippen LogP contribution in [0.2, 0.25) is 0 Å². The molecule has 7 heteroatoms. The molecule has 19 heavy (non-hydrogen) atoms. The third-order valence-electron chi connectivity index (χ3n) is 3.30. The third kappa shape index (κ3) is 4.07. The van der Waals surface area contributed by atoms with E-state index in [0.29, 0.717) is 31.1 Å². The van der Waals surface area contributed by atoms with Crippen molar-refractivity contribution in [1.29, 1.82) is 0 Å². The second kappa shape index (κ2) is 5.75. The lowest BCUT2D eigenvalue weighted by Gasteiger charge is -2.31. The highest BCUT2D eigenvalue weighted by molar-refractivity contribution is 7.88. The van der Waals surface area contributed by atoms with Gasteiger partial charge in [0.15, 0.2) is 0 Å². The van der Waals surface area contributed by atoms with Gasteiger partial charge in [0, 0.05) is 19.6 Å². The van der Waals surface area contributed by atoms with Gasteiger partial charge in [0.25, 0.3) is 5.91 Å². The van der Waals surface area contributed by atoms with Crippen LogP contribution in [0.4, 0.5) is 0 Å². The van der Waals surface area contributed by atoms with Gasteiger partial charge in [-0.2, -0.15) is 0 Å². The molecule has 0 saturated carbocycles. The number of hydrogen-bond donors (Lipinski definition) is 1. The van der Waals surface area contributed by atoms with E-state index < -0.39 is 10.0 Å². The average molecular weight is 286 g/mol. The summed E-state index contributed by atoms with van der Waals surface area (Å²) in [5.74, 6) is 0.270. The number of piperidine rings is 1. The van der Waals surface area contributed by atoms with Gasteiger partial charge in [-0.3, -0.25) is 4.79 Å². The largest absolute Gasteiger partial charge is 0.472 e. The molecule has 106 valence electrons. The van der Waals surface area contributed by atoms with Crippen LogP contribution < -0.4 is 4.72 Å². The SMILES string of the molecule is CS(=O)(=O)NCC1CCN(C(=O)c2ccoc2)CC1. The predicted molar refractivity (Wildman–Crippen MR) is 70.2 cm³/mol. The summed E-state index contributed by atoms with van der Waals surface area (Å²) in [4.78, 5) is 13.8. The zero-order valence-corrected chi connectivity index (χ0v) is 11.6. The van der Waals surface area contributed by atoms with E-state index in [1.807, 2.05) is 0 Å². The van der Waals surface area contributed by atoms with Crippen LogP contribution in [0.25, 0.3) is 0 Å². The molecule has 1 saturated heterocycles. The second-order valence-corrected chi connectivity index (χ2v) is 6.70. The molecule has 1 aromatic rings. The maximum atomic E-state index is 12.0. The predicted octanol–water partition coefficient (Wildman–Crippen LogP) is 0.681. The molecule has 1 amide bonds. The number of hydrogen-bond acceptors (Lipinski definition) is 4. The number of amides is 1. The van der Waals surface area contributed by atoms with E-state index >= 15 is 0 Å². The highest BCUT2D eigenvalue weighted by atomic mass is 32.2. The Bertz CT molecular complexity index is 516. The Labute approximate surface area is 112 Å². The van der Waals surface area contributed by atoms with Gasteiger partial charge in [0.05, 0.1) is 18.1 Å². The Morgan fingerprint density at radius 1 is 1.47 bits per heavy atom. The molecule has 0 spiro atoms. The number of carbonyl (C=O) groups excluding carboxylic acids is 1. The summed E-state index contributed by atoms with van der Waals surface area (Å²) in [5, 5.41) is 0. The molecule has 2 rings (SSSR count). The lowest BCUT2D eigenvalue weighted by molar-refractivity contribution is 0.0691. The molecule has 1 aliphatic heterocycles. The normalized spacial score (nSPS) is 17.6. The topological polar surface area (TPSA) is 79.6 Å². The molecule has 1 aromatic heterocycles. The summed E-state index contributed by atoms with van der Waals surface area (Å²) >= 11 is 0. The van der Waals surface area contributed by atoms with E-state index in [4.69, 9.17) is 4.42 Å². The Kier molecular flexibility index (Phi) is 4.26. The van der Waals surface area contributed by atoms with Gasteiger partial charge >= 0.3 is 0 Å². The Hall–Kier alpha value is -1.34. The van der Waals surface area contributed by atoms with Gasteiger partial charge in [-0.1, -0.05) is 0 Å². The van der Waals surface area contributed by atoms with Crippen molar-refractivity contribution in [2.45, 2.75) is 12.8 Å². The van der Waals surface area contributed by atoms with Crippen LogP contribution in [0.15, 0.2) is 23.0 Å². The van der Waals surface area contributed by atoms with Crippen molar-refractivity contribution in [1.82, 2.24) is 9.62 Å². The van der Waals surface area contributed by atoms with Gasteiger partial charge in [-0.15, -0.1) is 0 Å². The molecule has 0 radical (unpaired) electrons. The smallest absolute Gasteiger partial charge is 0.257 e. The lowest BCUT2D eigenvalue weighted by Crippen LogP contribution is -2.41. The van der Waals surface area contributed by atoms with E-state index in [2.05, 4.69) is 4.72 Å². The van der Waals surface area contributed by atoms with Gasteiger partial charge in [-0.05, 0) is 24.8 Å². The van der Waals surface area contributed by atoms with Crippen molar-refractivity contribution in [3.63, 3.8) is 0 Å². The van der Waals surface area contributed by atoms with Gasteiger partial charge in [-0.25, -0.2) is 13.1 Å².